The summed E-state index contributed by atoms with van der Waals surface area (Å²) in [5.41, 5.74) is -0.202. The third-order valence-electron chi connectivity index (χ3n) is 13.5. The van der Waals surface area contributed by atoms with Crippen molar-refractivity contribution in [3.63, 3.8) is 0 Å². The summed E-state index contributed by atoms with van der Waals surface area (Å²) in [6.45, 7) is 15.3. The van der Waals surface area contributed by atoms with Gasteiger partial charge in [-0.15, -0.1) is 0 Å². The highest BCUT2D eigenvalue weighted by molar-refractivity contribution is 8.76. The van der Waals surface area contributed by atoms with Crippen LogP contribution in [0.4, 0.5) is 11.4 Å². The fourth-order valence-corrected chi connectivity index (χ4v) is 12.8. The minimum absolute atomic E-state index is 0.0579. The molecule has 0 spiro atoms. The average Bonchev–Trinajstić information content (AvgIpc) is 0.783. The molecule has 20 unspecified atom stereocenters. The number of aromatic amines is 1. The molecular weight excluding hydrogens is 1390 g/mol. The molecule has 2 aromatic heterocycles. The van der Waals surface area contributed by atoms with Crippen LogP contribution in [0.15, 0.2) is 41.7 Å². The van der Waals surface area contributed by atoms with Crippen LogP contribution in [0.3, 0.4) is 0 Å². The van der Waals surface area contributed by atoms with Crippen molar-refractivity contribution in [1.82, 2.24) is 31.2 Å². The smallest absolute Gasteiger partial charge is 0.303 e. The number of nitro groups is 2. The van der Waals surface area contributed by atoms with Crippen LogP contribution in [0.5, 0.6) is 0 Å². The number of aromatic nitrogens is 2. The quantitative estimate of drug-likeness (QED) is 0.0131. The van der Waals surface area contributed by atoms with E-state index < -0.39 is 188 Å². The zero-order chi connectivity index (χ0) is 72.3. The van der Waals surface area contributed by atoms with Gasteiger partial charge in [0.25, 0.3) is 11.8 Å². The second-order valence-electron chi connectivity index (χ2n) is 22.3. The molecule has 4 aliphatic rings. The van der Waals surface area contributed by atoms with Crippen molar-refractivity contribution in [1.29, 1.82) is 0 Å². The molecule has 4 saturated heterocycles. The first kappa shape index (κ1) is 86.5. The van der Waals surface area contributed by atoms with Gasteiger partial charge in [0, 0.05) is 63.0 Å². The zero-order valence-corrected chi connectivity index (χ0v) is 59.8. The van der Waals surface area contributed by atoms with E-state index in [0.717, 1.165) is 10.8 Å². The van der Waals surface area contributed by atoms with Gasteiger partial charge in [0.05, 0.1) is 47.5 Å². The topological polar surface area (TPSA) is 486 Å². The molecule has 34 nitrogen and oxygen atoms in total. The molecule has 4 amide bonds. The van der Waals surface area contributed by atoms with Gasteiger partial charge in [0.2, 0.25) is 11.8 Å². The monoisotopic (exact) mass is 1480 g/mol. The molecule has 0 aliphatic carbocycles. The number of aliphatic hydroxyl groups excluding tert-OH is 8. The normalized spacial score (nSPS) is 30.3. The second kappa shape index (κ2) is 43.8. The van der Waals surface area contributed by atoms with Crippen molar-refractivity contribution in [2.45, 2.75) is 221 Å². The summed E-state index contributed by atoms with van der Waals surface area (Å²) < 4.78 is 58.1. The van der Waals surface area contributed by atoms with Crippen LogP contribution in [0.2, 0.25) is 0 Å². The first-order chi connectivity index (χ1) is 45.4. The van der Waals surface area contributed by atoms with Gasteiger partial charge in [-0.25, -0.2) is 4.98 Å². The van der Waals surface area contributed by atoms with E-state index in [0.29, 0.717) is 18.1 Å². The fourth-order valence-electron chi connectivity index (χ4n) is 9.52. The van der Waals surface area contributed by atoms with Gasteiger partial charge in [-0.3, -0.25) is 39.4 Å². The van der Waals surface area contributed by atoms with E-state index in [1.54, 1.807) is 89.4 Å². The highest BCUT2D eigenvalue weighted by Gasteiger charge is 2.56. The molecule has 6 heterocycles. The minimum atomic E-state index is -1.76. The standard InChI is InChI=1S/C27H42N4O13S2.C23H42N2O11S2.C5H4N2O2S.CH4S/c1-12(2)40-22-19(35)20(36)27(43-21-17(30-14(5)33)26(41-13(3)4)42-16(11-32)18(21)34)44-23(22)24(37)28-9-10-45-46-25-15(31(38)39)7-6-8-29-25;1-10(2)32-19-16(29)17(30)23(36-20(19)21(31)24-7-8-38-37-6)35-18-14(25-12(5)27)22(33-11(3)4)34-13(9-26)15(18)28;8-7(9)4-2-1-3-6-5(4)10;1-2/h6-8,12-13,16-23,26-27,32,34-36H,9-11H2,1-5H3,(H,28,37)(H,30,33);10-11,13-20,22-23,26,28-30H,7-9H2,1-6H3,(H,24,31)(H,25,27);1-3H,(H,6,10);2H,1H3. The first-order valence-corrected chi connectivity index (χ1v) is 36.5. The number of aliphatic hydroxyl groups is 8. The molecule has 40 heteroatoms. The molecular formula is C56H92N8O26S6. The number of nitrogens with one attached hydrogen (secondary N) is 5. The predicted molar refractivity (Wildman–Crippen MR) is 357 cm³/mol. The molecule has 6 rings (SSSR count). The number of rotatable bonds is 29. The Labute approximate surface area is 581 Å². The number of H-pyrrole nitrogens is 1. The molecule has 0 saturated carbocycles. The molecule has 4 fully saturated rings. The summed E-state index contributed by atoms with van der Waals surface area (Å²) in [4.78, 5) is 77.3. The maximum absolute atomic E-state index is 13.3. The van der Waals surface area contributed by atoms with Gasteiger partial charge in [0.15, 0.2) is 47.0 Å². The van der Waals surface area contributed by atoms with E-state index >= 15 is 0 Å². The number of hydrogen-bond donors (Lipinski definition) is 14. The molecule has 20 atom stereocenters. The number of carbonyl (C=O) groups excluding carboxylic acids is 4. The SMILES string of the molecule is CC(=O)NC1C(OC(C)C)OC(CO)C(O)C1OC1OC(C(=O)NCCSSc2ncccc2[N+](=O)[O-])C(OC(C)C)C(O)C1O.CS.CSSCCNC(=O)C1OC(OC2C(O)C(CO)OC(OC(C)C)C2NC(C)=O)C(O)C(O)C1OC(C)C.O=[N+]([O-])c1ccc[nH]c1=S. The van der Waals surface area contributed by atoms with Crippen LogP contribution in [0, 0.1) is 24.9 Å². The van der Waals surface area contributed by atoms with Crippen LogP contribution in [-0.2, 0) is 66.5 Å². The maximum Gasteiger partial charge on any atom is 0.303 e. The van der Waals surface area contributed by atoms with E-state index in [1.165, 1.54) is 55.1 Å². The Morgan fingerprint density at radius 1 is 0.615 bits per heavy atom. The second-order valence-corrected chi connectivity index (χ2v) is 27.8. The van der Waals surface area contributed by atoms with E-state index in [4.69, 9.17) is 47.4 Å². The molecule has 4 aliphatic heterocycles. The average molecular weight is 1490 g/mol. The molecule has 2 aromatic rings. The summed E-state index contributed by atoms with van der Waals surface area (Å²) in [5, 5.41) is 118. The Morgan fingerprint density at radius 2 is 1.02 bits per heavy atom. The molecule has 0 radical (unpaired) electrons. The Hall–Kier alpha value is -3.77. The Balaban J connectivity index is 0.000000431. The molecule has 548 valence electrons. The number of hydrogen-bond acceptors (Lipinski definition) is 33. The van der Waals surface area contributed by atoms with Crippen molar-refractivity contribution >= 4 is 103 Å². The highest BCUT2D eigenvalue weighted by atomic mass is 33.1. The largest absolute Gasteiger partial charge is 0.394 e. The van der Waals surface area contributed by atoms with Gasteiger partial charge in [-0.05, 0) is 90.8 Å². The number of amides is 4. The van der Waals surface area contributed by atoms with Crippen molar-refractivity contribution in [3.8, 4) is 0 Å². The van der Waals surface area contributed by atoms with Gasteiger partial charge < -0.3 is 114 Å². The first-order valence-electron chi connectivity index (χ1n) is 30.1. The third kappa shape index (κ3) is 26.6. The molecule has 0 bridgehead atoms. The molecule has 96 heavy (non-hydrogen) atoms. The lowest BCUT2D eigenvalue weighted by Gasteiger charge is -2.48. The van der Waals surface area contributed by atoms with Crippen LogP contribution in [-0.4, -0.2) is 282 Å². The van der Waals surface area contributed by atoms with Crippen molar-refractivity contribution in [3.05, 3.63) is 61.5 Å². The minimum Gasteiger partial charge on any atom is -0.394 e. The van der Waals surface area contributed by atoms with Crippen molar-refractivity contribution in [2.24, 2.45) is 0 Å². The van der Waals surface area contributed by atoms with E-state index in [-0.39, 0.29) is 33.7 Å². The van der Waals surface area contributed by atoms with E-state index in [9.17, 15) is 80.3 Å². The number of thiol groups is 1. The summed E-state index contributed by atoms with van der Waals surface area (Å²) in [7, 11) is 5.40. The number of pyridine rings is 2. The Kier molecular flexibility index (Phi) is 39.4. The van der Waals surface area contributed by atoms with E-state index in [1.807, 2.05) is 6.26 Å². The summed E-state index contributed by atoms with van der Waals surface area (Å²) in [6.07, 6.45) is -20.8. The number of carbonyl (C=O) groups is 4. The van der Waals surface area contributed by atoms with Crippen LogP contribution in [0.1, 0.15) is 69.2 Å². The van der Waals surface area contributed by atoms with Crippen molar-refractivity contribution < 1.29 is 117 Å². The van der Waals surface area contributed by atoms with Crippen LogP contribution in [0.25, 0.3) is 0 Å². The van der Waals surface area contributed by atoms with Crippen LogP contribution >= 0.6 is 68.0 Å². The van der Waals surface area contributed by atoms with Crippen molar-refractivity contribution in [2.75, 3.05) is 50.3 Å². The molecule has 0 aromatic carbocycles. The predicted octanol–water partition coefficient (Wildman–Crippen LogP) is 0.425. The Morgan fingerprint density at radius 3 is 1.38 bits per heavy atom. The van der Waals surface area contributed by atoms with Crippen LogP contribution < -0.4 is 21.3 Å². The summed E-state index contributed by atoms with van der Waals surface area (Å²) in [5.74, 6) is -1.33. The third-order valence-corrected chi connectivity index (χ3v) is 17.9. The fraction of sp³-hybridized carbons (Fsp3) is 0.750. The summed E-state index contributed by atoms with van der Waals surface area (Å²) >= 11 is 8.16. The lowest BCUT2D eigenvalue weighted by atomic mass is 9.95. The van der Waals surface area contributed by atoms with Gasteiger partial charge in [-0.1, -0.05) is 44.6 Å². The van der Waals surface area contributed by atoms with E-state index in [2.05, 4.69) is 56.1 Å². The highest BCUT2D eigenvalue weighted by Crippen LogP contribution is 2.37. The number of ether oxygens (including phenoxy) is 10. The van der Waals surface area contributed by atoms with Gasteiger partial charge in [-0.2, -0.15) is 12.6 Å². The zero-order valence-electron chi connectivity index (χ0n) is 54.8. The summed E-state index contributed by atoms with van der Waals surface area (Å²) in [6, 6.07) is 3.46. The number of nitrogens with zero attached hydrogens (tertiary/aromatic N) is 3. The lowest BCUT2D eigenvalue weighted by molar-refractivity contribution is -0.388. The maximum atomic E-state index is 13.3. The molecule has 13 N–H and O–H groups in total. The Bertz CT molecular complexity index is 2760. The van der Waals surface area contributed by atoms with Gasteiger partial charge in [0.1, 0.15) is 85.3 Å². The van der Waals surface area contributed by atoms with Gasteiger partial charge >= 0.3 is 11.4 Å². The lowest BCUT2D eigenvalue weighted by Crippen LogP contribution is -2.69.